The summed E-state index contributed by atoms with van der Waals surface area (Å²) in [6.45, 7) is 1.86. The second kappa shape index (κ2) is 5.62. The molecule has 0 amide bonds. The summed E-state index contributed by atoms with van der Waals surface area (Å²) in [4.78, 5) is 4.45. The fourth-order valence-corrected chi connectivity index (χ4v) is 4.26. The molecule has 4 heterocycles. The van der Waals surface area contributed by atoms with Crippen molar-refractivity contribution in [2.75, 3.05) is 6.61 Å². The van der Waals surface area contributed by atoms with Crippen molar-refractivity contribution in [1.29, 1.82) is 0 Å². The third kappa shape index (κ3) is 2.34. The highest BCUT2D eigenvalue weighted by Gasteiger charge is 2.73. The van der Waals surface area contributed by atoms with Gasteiger partial charge in [0.15, 0.2) is 5.65 Å². The lowest BCUT2D eigenvalue weighted by Gasteiger charge is -2.24. The number of nitrogens with zero attached hydrogens (tertiary/aromatic N) is 4. The molecule has 1 fully saturated rings. The molecule has 4 aromatic rings. The van der Waals surface area contributed by atoms with Crippen LogP contribution < -0.4 is 4.74 Å². The SMILES string of the molecule is Cc1cc(-c2c(-c3ccc(F)cc3)nn3c2OC[C@@]2(C3)CC2(F)F)c2cn[nH]c2n1. The van der Waals surface area contributed by atoms with Gasteiger partial charge < -0.3 is 4.74 Å². The second-order valence-electron chi connectivity index (χ2n) is 8.09. The van der Waals surface area contributed by atoms with Crippen LogP contribution in [-0.2, 0) is 6.54 Å². The maximum Gasteiger partial charge on any atom is 0.259 e. The Kier molecular flexibility index (Phi) is 3.28. The Balaban J connectivity index is 1.61. The standard InChI is InChI=1S/C21H16F3N5O/c1-11-6-14(15-7-25-27-18(15)26-11)16-17(12-2-4-13(22)5-3-12)28-29-9-20(8-21(20,23)24)10-30-19(16)29/h2-7H,8-10H2,1H3,(H,25,26,27)/t20-/m0/s1. The monoisotopic (exact) mass is 411 g/mol. The van der Waals surface area contributed by atoms with E-state index in [1.807, 2.05) is 13.0 Å². The number of H-pyrrole nitrogens is 1. The van der Waals surface area contributed by atoms with Crippen molar-refractivity contribution >= 4 is 11.0 Å². The molecule has 3 aromatic heterocycles. The van der Waals surface area contributed by atoms with Gasteiger partial charge in [0.1, 0.15) is 18.1 Å². The molecular weight excluding hydrogens is 395 g/mol. The maximum atomic E-state index is 14.0. The molecule has 0 radical (unpaired) electrons. The van der Waals surface area contributed by atoms with Crippen LogP contribution in [0.25, 0.3) is 33.4 Å². The Bertz CT molecular complexity index is 1310. The zero-order chi connectivity index (χ0) is 20.7. The largest absolute Gasteiger partial charge is 0.476 e. The molecule has 1 atom stereocenters. The van der Waals surface area contributed by atoms with Crippen LogP contribution in [0.2, 0.25) is 0 Å². The van der Waals surface area contributed by atoms with Gasteiger partial charge in [-0.3, -0.25) is 5.10 Å². The first-order valence-corrected chi connectivity index (χ1v) is 9.55. The fourth-order valence-electron chi connectivity index (χ4n) is 4.26. The number of fused-ring (bicyclic) bond motifs is 2. The van der Waals surface area contributed by atoms with E-state index in [1.54, 1.807) is 18.3 Å². The van der Waals surface area contributed by atoms with Crippen molar-refractivity contribution in [1.82, 2.24) is 25.0 Å². The van der Waals surface area contributed by atoms with Gasteiger partial charge in [-0.15, -0.1) is 0 Å². The lowest BCUT2D eigenvalue weighted by Crippen LogP contribution is -2.31. The van der Waals surface area contributed by atoms with Gasteiger partial charge >= 0.3 is 0 Å². The molecule has 9 heteroatoms. The predicted octanol–water partition coefficient (Wildman–Crippen LogP) is 4.35. The van der Waals surface area contributed by atoms with Gasteiger partial charge in [-0.2, -0.15) is 10.2 Å². The Morgan fingerprint density at radius 2 is 1.97 bits per heavy atom. The van der Waals surface area contributed by atoms with Crippen LogP contribution in [0.4, 0.5) is 13.2 Å². The number of aromatic amines is 1. The van der Waals surface area contributed by atoms with Crippen molar-refractivity contribution in [3.05, 3.63) is 48.0 Å². The minimum Gasteiger partial charge on any atom is -0.476 e. The van der Waals surface area contributed by atoms with Crippen LogP contribution in [0.1, 0.15) is 12.1 Å². The number of rotatable bonds is 2. The maximum absolute atomic E-state index is 14.0. The molecule has 2 aliphatic rings. The number of benzene rings is 1. The number of alkyl halides is 2. The van der Waals surface area contributed by atoms with Crippen molar-refractivity contribution < 1.29 is 17.9 Å². The molecule has 1 aromatic carbocycles. The normalized spacial score (nSPS) is 21.6. The van der Waals surface area contributed by atoms with Gasteiger partial charge in [0, 0.05) is 28.6 Å². The van der Waals surface area contributed by atoms with Gasteiger partial charge in [-0.25, -0.2) is 22.8 Å². The highest BCUT2D eigenvalue weighted by Crippen LogP contribution is 2.63. The molecule has 1 aliphatic heterocycles. The smallest absolute Gasteiger partial charge is 0.259 e. The third-order valence-corrected chi connectivity index (χ3v) is 5.99. The van der Waals surface area contributed by atoms with Crippen molar-refractivity contribution in [3.8, 4) is 28.3 Å². The molecule has 6 nitrogen and oxygen atoms in total. The van der Waals surface area contributed by atoms with Gasteiger partial charge in [0.25, 0.3) is 5.92 Å². The molecule has 30 heavy (non-hydrogen) atoms. The molecule has 6 rings (SSSR count). The highest BCUT2D eigenvalue weighted by molar-refractivity contribution is 5.98. The summed E-state index contributed by atoms with van der Waals surface area (Å²) in [7, 11) is 0. The second-order valence-corrected chi connectivity index (χ2v) is 8.09. The summed E-state index contributed by atoms with van der Waals surface area (Å²) in [6.07, 6.45) is 1.45. The van der Waals surface area contributed by atoms with Gasteiger partial charge in [-0.05, 0) is 37.3 Å². The molecule has 1 saturated carbocycles. The number of hydrogen-bond donors (Lipinski definition) is 1. The quantitative estimate of drug-likeness (QED) is 0.532. The molecule has 1 aliphatic carbocycles. The van der Waals surface area contributed by atoms with Crippen LogP contribution >= 0.6 is 0 Å². The summed E-state index contributed by atoms with van der Waals surface area (Å²) in [5, 5.41) is 12.4. The number of halogens is 3. The molecule has 0 unspecified atom stereocenters. The summed E-state index contributed by atoms with van der Waals surface area (Å²) in [5.74, 6) is -2.69. The van der Waals surface area contributed by atoms with Crippen LogP contribution in [0.3, 0.4) is 0 Å². The third-order valence-electron chi connectivity index (χ3n) is 5.99. The first-order chi connectivity index (χ1) is 14.4. The molecule has 0 saturated heterocycles. The van der Waals surface area contributed by atoms with E-state index in [4.69, 9.17) is 4.74 Å². The molecule has 1 spiro atoms. The lowest BCUT2D eigenvalue weighted by molar-refractivity contribution is 0.0154. The Hall–Kier alpha value is -3.36. The summed E-state index contributed by atoms with van der Waals surface area (Å²) >= 11 is 0. The Labute approximate surface area is 168 Å². The Morgan fingerprint density at radius 1 is 1.20 bits per heavy atom. The summed E-state index contributed by atoms with van der Waals surface area (Å²) in [5.41, 5.74) is 2.81. The van der Waals surface area contributed by atoms with Gasteiger partial charge in [0.05, 0.1) is 23.7 Å². The van der Waals surface area contributed by atoms with Crippen molar-refractivity contribution in [2.45, 2.75) is 25.8 Å². The number of aryl methyl sites for hydroxylation is 1. The number of pyridine rings is 1. The van der Waals surface area contributed by atoms with Crippen LogP contribution in [0.15, 0.2) is 36.5 Å². The van der Waals surface area contributed by atoms with E-state index in [2.05, 4.69) is 20.3 Å². The van der Waals surface area contributed by atoms with Crippen molar-refractivity contribution in [3.63, 3.8) is 0 Å². The van der Waals surface area contributed by atoms with Crippen LogP contribution in [0.5, 0.6) is 5.88 Å². The minimum atomic E-state index is -2.75. The highest BCUT2D eigenvalue weighted by atomic mass is 19.3. The number of ether oxygens (including phenoxy) is 1. The Morgan fingerprint density at radius 3 is 2.70 bits per heavy atom. The van der Waals surface area contributed by atoms with E-state index >= 15 is 0 Å². The van der Waals surface area contributed by atoms with Gasteiger partial charge in [0.2, 0.25) is 5.88 Å². The van der Waals surface area contributed by atoms with E-state index in [0.717, 1.165) is 16.6 Å². The minimum absolute atomic E-state index is 0.0693. The average molecular weight is 411 g/mol. The van der Waals surface area contributed by atoms with Crippen molar-refractivity contribution in [2.24, 2.45) is 5.41 Å². The average Bonchev–Trinajstić information content (AvgIpc) is 3.08. The summed E-state index contributed by atoms with van der Waals surface area (Å²) in [6, 6.07) is 7.83. The molecule has 0 bridgehead atoms. The van der Waals surface area contributed by atoms with E-state index in [1.165, 1.54) is 16.8 Å². The fraction of sp³-hybridized carbons (Fsp3) is 0.286. The predicted molar refractivity (Wildman–Crippen MR) is 103 cm³/mol. The lowest BCUT2D eigenvalue weighted by atomic mass is 9.98. The van der Waals surface area contributed by atoms with E-state index < -0.39 is 11.3 Å². The number of aromatic nitrogens is 5. The first kappa shape index (κ1) is 17.5. The van der Waals surface area contributed by atoms with E-state index in [-0.39, 0.29) is 25.4 Å². The van der Waals surface area contributed by atoms with Crippen LogP contribution in [-0.4, -0.2) is 37.5 Å². The topological polar surface area (TPSA) is 68.6 Å². The number of hydrogen-bond acceptors (Lipinski definition) is 4. The zero-order valence-electron chi connectivity index (χ0n) is 15.9. The van der Waals surface area contributed by atoms with E-state index in [0.29, 0.717) is 28.3 Å². The van der Waals surface area contributed by atoms with Gasteiger partial charge in [-0.1, -0.05) is 0 Å². The summed E-state index contributed by atoms with van der Waals surface area (Å²) < 4.78 is 48.9. The number of nitrogens with one attached hydrogen (secondary N) is 1. The zero-order valence-corrected chi connectivity index (χ0v) is 15.9. The first-order valence-electron chi connectivity index (χ1n) is 9.55. The molecule has 1 N–H and O–H groups in total. The van der Waals surface area contributed by atoms with E-state index in [9.17, 15) is 13.2 Å². The van der Waals surface area contributed by atoms with Crippen LogP contribution in [0, 0.1) is 18.2 Å². The molecule has 152 valence electrons. The molecular formula is C21H16F3N5O.